The van der Waals surface area contributed by atoms with Crippen molar-refractivity contribution >= 4 is 29.1 Å². The van der Waals surface area contributed by atoms with Crippen LogP contribution >= 0.6 is 11.6 Å². The molecule has 160 valence electrons. The molecule has 31 heavy (non-hydrogen) atoms. The van der Waals surface area contributed by atoms with Gasteiger partial charge in [-0.05, 0) is 49.2 Å². The Morgan fingerprint density at radius 2 is 1.90 bits per heavy atom. The van der Waals surface area contributed by atoms with Crippen LogP contribution in [0.3, 0.4) is 0 Å². The third-order valence-electron chi connectivity index (χ3n) is 5.21. The van der Waals surface area contributed by atoms with Crippen molar-refractivity contribution in [3.8, 4) is 11.5 Å². The number of benzene rings is 2. The number of allylic oxidation sites excluding steroid dienone is 1. The minimum atomic E-state index is -0.516. The Morgan fingerprint density at radius 3 is 2.65 bits per heavy atom. The van der Waals surface area contributed by atoms with Crippen molar-refractivity contribution in [2.75, 3.05) is 24.9 Å². The number of hydrogen-bond acceptors (Lipinski definition) is 6. The molecule has 8 nitrogen and oxygen atoms in total. The number of methoxy groups -OCH3 is 2. The van der Waals surface area contributed by atoms with Gasteiger partial charge in [0.2, 0.25) is 5.95 Å². The summed E-state index contributed by atoms with van der Waals surface area (Å²) in [5.41, 5.74) is 3.54. The molecular formula is C22H22ClN5O3. The van der Waals surface area contributed by atoms with Crippen molar-refractivity contribution in [1.29, 1.82) is 0 Å². The summed E-state index contributed by atoms with van der Waals surface area (Å²) in [5.74, 6) is 1.44. The maximum atomic E-state index is 13.5. The summed E-state index contributed by atoms with van der Waals surface area (Å²) in [7, 11) is 3.15. The molecule has 0 unspecified atom stereocenters. The Kier molecular flexibility index (Phi) is 5.56. The van der Waals surface area contributed by atoms with Crippen molar-refractivity contribution in [2.45, 2.75) is 19.9 Å². The average Bonchev–Trinajstić information content (AvgIpc) is 3.22. The first kappa shape index (κ1) is 20.7. The molecule has 1 aliphatic rings. The van der Waals surface area contributed by atoms with Crippen molar-refractivity contribution in [2.24, 2.45) is 0 Å². The van der Waals surface area contributed by atoms with Crippen molar-refractivity contribution < 1.29 is 14.3 Å². The Balaban J connectivity index is 1.79. The predicted molar refractivity (Wildman–Crippen MR) is 119 cm³/mol. The lowest BCUT2D eigenvalue weighted by Gasteiger charge is -2.29. The number of carbonyl (C=O) groups is 1. The first-order chi connectivity index (χ1) is 14.9. The molecule has 1 aliphatic heterocycles. The molecule has 1 amide bonds. The molecule has 2 aromatic carbocycles. The molecule has 4 rings (SSSR count). The van der Waals surface area contributed by atoms with Crippen LogP contribution in [0.1, 0.15) is 24.1 Å². The maximum absolute atomic E-state index is 13.5. The van der Waals surface area contributed by atoms with Gasteiger partial charge in [0, 0.05) is 16.4 Å². The summed E-state index contributed by atoms with van der Waals surface area (Å²) in [4.78, 5) is 17.7. The lowest BCUT2D eigenvalue weighted by Crippen LogP contribution is -2.31. The fourth-order valence-electron chi connectivity index (χ4n) is 3.63. The lowest BCUT2D eigenvalue weighted by atomic mass is 9.94. The Morgan fingerprint density at radius 1 is 1.13 bits per heavy atom. The number of halogens is 1. The van der Waals surface area contributed by atoms with Gasteiger partial charge < -0.3 is 20.1 Å². The van der Waals surface area contributed by atoms with Gasteiger partial charge in [-0.25, -0.2) is 4.68 Å². The predicted octanol–water partition coefficient (Wildman–Crippen LogP) is 4.18. The summed E-state index contributed by atoms with van der Waals surface area (Å²) < 4.78 is 12.5. The zero-order valence-corrected chi connectivity index (χ0v) is 18.3. The van der Waals surface area contributed by atoms with Crippen LogP contribution in [0.15, 0.2) is 54.0 Å². The van der Waals surface area contributed by atoms with Crippen LogP contribution in [0.5, 0.6) is 11.5 Å². The third-order valence-corrected chi connectivity index (χ3v) is 5.45. The molecule has 0 saturated heterocycles. The van der Waals surface area contributed by atoms with Crippen molar-refractivity contribution in [1.82, 2.24) is 14.8 Å². The second kappa shape index (κ2) is 8.31. The highest BCUT2D eigenvalue weighted by molar-refractivity contribution is 6.31. The minimum Gasteiger partial charge on any atom is -0.493 e. The fourth-order valence-corrected chi connectivity index (χ4v) is 3.81. The summed E-state index contributed by atoms with van der Waals surface area (Å²) in [5, 5.41) is 11.0. The van der Waals surface area contributed by atoms with Gasteiger partial charge in [-0.1, -0.05) is 23.7 Å². The fraction of sp³-hybridized carbons (Fsp3) is 0.227. The standard InChI is InChI=1S/C22H22ClN5O3/c1-12-5-7-15(23)10-16(12)27-21(29)19-13(2)26-22-24-11-25-28(22)20(19)14-6-8-17(30-3)18(9-14)31-4/h5-11,20H,1-4H3,(H,27,29)(H,24,25,26)/t20-/m1/s1. The van der Waals surface area contributed by atoms with Gasteiger partial charge in [-0.3, -0.25) is 4.79 Å². The van der Waals surface area contributed by atoms with Crippen LogP contribution in [0, 0.1) is 6.92 Å². The molecule has 2 N–H and O–H groups in total. The second-order valence-corrected chi connectivity index (χ2v) is 7.56. The number of aromatic nitrogens is 3. The largest absolute Gasteiger partial charge is 0.493 e. The Hall–Kier alpha value is -3.52. The zero-order valence-electron chi connectivity index (χ0n) is 17.6. The summed E-state index contributed by atoms with van der Waals surface area (Å²) in [6.07, 6.45) is 1.45. The van der Waals surface area contributed by atoms with E-state index in [2.05, 4.69) is 20.7 Å². The van der Waals surface area contributed by atoms with Crippen LogP contribution in [0.2, 0.25) is 5.02 Å². The summed E-state index contributed by atoms with van der Waals surface area (Å²) in [6.45, 7) is 3.75. The molecule has 0 saturated carbocycles. The summed E-state index contributed by atoms with van der Waals surface area (Å²) >= 11 is 6.13. The van der Waals surface area contributed by atoms with Crippen LogP contribution in [-0.4, -0.2) is 34.9 Å². The van der Waals surface area contributed by atoms with Crippen LogP contribution in [0.4, 0.5) is 11.6 Å². The number of fused-ring (bicyclic) bond motifs is 1. The second-order valence-electron chi connectivity index (χ2n) is 7.12. The van der Waals surface area contributed by atoms with E-state index >= 15 is 0 Å². The SMILES string of the molecule is COc1ccc([C@@H]2C(C(=O)Nc3cc(Cl)ccc3C)=C(C)Nc3ncnn32)cc1OC. The normalized spacial score (nSPS) is 15.2. The van der Waals surface area contributed by atoms with Gasteiger partial charge >= 0.3 is 0 Å². The van der Waals surface area contributed by atoms with Crippen molar-refractivity contribution in [3.05, 3.63) is 70.1 Å². The molecule has 1 atom stereocenters. The van der Waals surface area contributed by atoms with E-state index in [0.717, 1.165) is 11.1 Å². The highest BCUT2D eigenvalue weighted by atomic mass is 35.5. The van der Waals surface area contributed by atoms with E-state index in [-0.39, 0.29) is 5.91 Å². The average molecular weight is 440 g/mol. The van der Waals surface area contributed by atoms with Gasteiger partial charge in [-0.15, -0.1) is 0 Å². The number of nitrogens with zero attached hydrogens (tertiary/aromatic N) is 3. The zero-order chi connectivity index (χ0) is 22.1. The number of anilines is 2. The van der Waals surface area contributed by atoms with E-state index < -0.39 is 6.04 Å². The third kappa shape index (κ3) is 3.82. The minimum absolute atomic E-state index is 0.267. The first-order valence-corrected chi connectivity index (χ1v) is 9.97. The molecule has 9 heteroatoms. The Bertz CT molecular complexity index is 1190. The number of carbonyl (C=O) groups excluding carboxylic acids is 1. The number of aryl methyl sites for hydroxylation is 1. The smallest absolute Gasteiger partial charge is 0.255 e. The number of amides is 1. The quantitative estimate of drug-likeness (QED) is 0.619. The monoisotopic (exact) mass is 439 g/mol. The van der Waals surface area contributed by atoms with E-state index in [4.69, 9.17) is 21.1 Å². The van der Waals surface area contributed by atoms with E-state index in [0.29, 0.717) is 39.4 Å². The number of nitrogens with one attached hydrogen (secondary N) is 2. The maximum Gasteiger partial charge on any atom is 0.255 e. The molecule has 0 radical (unpaired) electrons. The van der Waals surface area contributed by atoms with Gasteiger partial charge in [0.15, 0.2) is 11.5 Å². The van der Waals surface area contributed by atoms with E-state index in [1.54, 1.807) is 37.1 Å². The molecule has 2 heterocycles. The summed E-state index contributed by atoms with van der Waals surface area (Å²) in [6, 6.07) is 10.4. The van der Waals surface area contributed by atoms with E-state index in [9.17, 15) is 4.79 Å². The first-order valence-electron chi connectivity index (χ1n) is 9.59. The lowest BCUT2D eigenvalue weighted by molar-refractivity contribution is -0.113. The highest BCUT2D eigenvalue weighted by Crippen LogP contribution is 2.38. The van der Waals surface area contributed by atoms with Crippen LogP contribution in [-0.2, 0) is 4.79 Å². The molecule has 0 spiro atoms. The van der Waals surface area contributed by atoms with Gasteiger partial charge in [0.05, 0.1) is 19.8 Å². The topological polar surface area (TPSA) is 90.3 Å². The van der Waals surface area contributed by atoms with Crippen LogP contribution < -0.4 is 20.1 Å². The molecular weight excluding hydrogens is 418 g/mol. The van der Waals surface area contributed by atoms with Gasteiger partial charge in [0.25, 0.3) is 5.91 Å². The molecule has 0 aliphatic carbocycles. The Labute approximate surface area is 184 Å². The van der Waals surface area contributed by atoms with Gasteiger partial charge in [-0.2, -0.15) is 10.1 Å². The number of ether oxygens (including phenoxy) is 2. The molecule has 0 fully saturated rings. The van der Waals surface area contributed by atoms with E-state index in [1.807, 2.05) is 32.0 Å². The highest BCUT2D eigenvalue weighted by Gasteiger charge is 2.34. The van der Waals surface area contributed by atoms with Gasteiger partial charge in [0.1, 0.15) is 12.4 Å². The van der Waals surface area contributed by atoms with Crippen molar-refractivity contribution in [3.63, 3.8) is 0 Å². The molecule has 3 aromatic rings. The van der Waals surface area contributed by atoms with E-state index in [1.165, 1.54) is 6.33 Å². The molecule has 1 aromatic heterocycles. The number of hydrogen-bond donors (Lipinski definition) is 2. The molecule has 0 bridgehead atoms. The number of rotatable bonds is 5. The van der Waals surface area contributed by atoms with Crippen LogP contribution in [0.25, 0.3) is 0 Å².